The highest BCUT2D eigenvalue weighted by Crippen LogP contribution is 2.27. The van der Waals surface area contributed by atoms with Gasteiger partial charge in [-0.25, -0.2) is 0 Å². The fourth-order valence-electron chi connectivity index (χ4n) is 2.25. The predicted molar refractivity (Wildman–Crippen MR) is 86.3 cm³/mol. The SMILES string of the molecule is CN(C)c1cccc(C(Cc2ccccc2Cl)C(=O)O)c1. The van der Waals surface area contributed by atoms with E-state index in [1.165, 1.54) is 0 Å². The van der Waals surface area contributed by atoms with Gasteiger partial charge in [0.25, 0.3) is 0 Å². The highest BCUT2D eigenvalue weighted by atomic mass is 35.5. The first-order valence-electron chi connectivity index (χ1n) is 6.72. The van der Waals surface area contributed by atoms with E-state index >= 15 is 0 Å². The van der Waals surface area contributed by atoms with Gasteiger partial charge in [0.05, 0.1) is 5.92 Å². The van der Waals surface area contributed by atoms with Crippen molar-refractivity contribution in [3.8, 4) is 0 Å². The van der Waals surface area contributed by atoms with Crippen molar-refractivity contribution in [2.24, 2.45) is 0 Å². The van der Waals surface area contributed by atoms with Crippen LogP contribution in [-0.4, -0.2) is 25.2 Å². The fraction of sp³-hybridized carbons (Fsp3) is 0.235. The lowest BCUT2D eigenvalue weighted by atomic mass is 9.91. The smallest absolute Gasteiger partial charge is 0.311 e. The van der Waals surface area contributed by atoms with Crippen molar-refractivity contribution in [1.82, 2.24) is 0 Å². The molecule has 0 saturated heterocycles. The Bertz CT molecular complexity index is 640. The maximum absolute atomic E-state index is 11.6. The normalized spacial score (nSPS) is 12.0. The summed E-state index contributed by atoms with van der Waals surface area (Å²) in [7, 11) is 3.87. The van der Waals surface area contributed by atoms with Crippen LogP contribution in [0.5, 0.6) is 0 Å². The Balaban J connectivity index is 2.34. The van der Waals surface area contributed by atoms with Crippen LogP contribution in [0.15, 0.2) is 48.5 Å². The van der Waals surface area contributed by atoms with E-state index in [0.29, 0.717) is 11.4 Å². The average molecular weight is 304 g/mol. The van der Waals surface area contributed by atoms with E-state index in [9.17, 15) is 9.90 Å². The van der Waals surface area contributed by atoms with E-state index in [2.05, 4.69) is 0 Å². The number of aliphatic carboxylic acids is 1. The molecule has 2 rings (SSSR count). The molecule has 0 aliphatic rings. The minimum absolute atomic E-state index is 0.381. The second kappa shape index (κ2) is 6.64. The van der Waals surface area contributed by atoms with Crippen molar-refractivity contribution in [2.45, 2.75) is 12.3 Å². The van der Waals surface area contributed by atoms with Crippen LogP contribution in [0.3, 0.4) is 0 Å². The van der Waals surface area contributed by atoms with Gasteiger partial charge in [0.15, 0.2) is 0 Å². The van der Waals surface area contributed by atoms with Crippen LogP contribution < -0.4 is 4.90 Å². The highest BCUT2D eigenvalue weighted by molar-refractivity contribution is 6.31. The molecule has 0 aliphatic carbocycles. The lowest BCUT2D eigenvalue weighted by Crippen LogP contribution is -2.16. The summed E-state index contributed by atoms with van der Waals surface area (Å²) in [5.41, 5.74) is 2.62. The Morgan fingerprint density at radius 3 is 2.52 bits per heavy atom. The summed E-state index contributed by atoms with van der Waals surface area (Å²) >= 11 is 6.14. The molecule has 0 spiro atoms. The predicted octanol–water partition coefficient (Wildman–Crippen LogP) is 3.82. The van der Waals surface area contributed by atoms with E-state index in [0.717, 1.165) is 16.8 Å². The van der Waals surface area contributed by atoms with Crippen LogP contribution in [-0.2, 0) is 11.2 Å². The number of anilines is 1. The average Bonchev–Trinajstić information content (AvgIpc) is 2.46. The van der Waals surface area contributed by atoms with Gasteiger partial charge in [0, 0.05) is 24.8 Å². The molecule has 2 aromatic carbocycles. The van der Waals surface area contributed by atoms with Crippen LogP contribution in [0.4, 0.5) is 5.69 Å². The van der Waals surface area contributed by atoms with Crippen molar-refractivity contribution >= 4 is 23.3 Å². The third kappa shape index (κ3) is 3.76. The minimum atomic E-state index is -0.842. The summed E-state index contributed by atoms with van der Waals surface area (Å²) in [5.74, 6) is -1.45. The summed E-state index contributed by atoms with van der Waals surface area (Å²) < 4.78 is 0. The largest absolute Gasteiger partial charge is 0.481 e. The minimum Gasteiger partial charge on any atom is -0.481 e. The number of carboxylic acids is 1. The van der Waals surface area contributed by atoms with Crippen molar-refractivity contribution in [2.75, 3.05) is 19.0 Å². The topological polar surface area (TPSA) is 40.5 Å². The molecule has 4 heteroatoms. The molecule has 0 aromatic heterocycles. The number of halogens is 1. The molecule has 110 valence electrons. The number of nitrogens with zero attached hydrogens (tertiary/aromatic N) is 1. The van der Waals surface area contributed by atoms with Crippen molar-refractivity contribution in [1.29, 1.82) is 0 Å². The molecule has 1 N–H and O–H groups in total. The van der Waals surface area contributed by atoms with Gasteiger partial charge >= 0.3 is 5.97 Å². The second-order valence-corrected chi connectivity index (χ2v) is 5.58. The first-order valence-corrected chi connectivity index (χ1v) is 7.10. The molecule has 1 atom stereocenters. The molecular formula is C17H18ClNO2. The quantitative estimate of drug-likeness (QED) is 0.913. The third-order valence-electron chi connectivity index (χ3n) is 3.47. The molecule has 0 fully saturated rings. The maximum Gasteiger partial charge on any atom is 0.311 e. The lowest BCUT2D eigenvalue weighted by molar-refractivity contribution is -0.138. The van der Waals surface area contributed by atoms with E-state index in [-0.39, 0.29) is 0 Å². The molecule has 1 unspecified atom stereocenters. The first-order chi connectivity index (χ1) is 9.99. The zero-order valence-corrected chi connectivity index (χ0v) is 12.8. The maximum atomic E-state index is 11.6. The zero-order chi connectivity index (χ0) is 15.4. The summed E-state index contributed by atoms with van der Waals surface area (Å²) in [6, 6.07) is 15.0. The second-order valence-electron chi connectivity index (χ2n) is 5.18. The van der Waals surface area contributed by atoms with Gasteiger partial charge in [-0.2, -0.15) is 0 Å². The van der Waals surface area contributed by atoms with Crippen LogP contribution in [0, 0.1) is 0 Å². The number of carboxylic acid groups (broad SMARTS) is 1. The number of carbonyl (C=O) groups is 1. The van der Waals surface area contributed by atoms with E-state index in [4.69, 9.17) is 11.6 Å². The van der Waals surface area contributed by atoms with Crippen LogP contribution in [0.25, 0.3) is 0 Å². The van der Waals surface area contributed by atoms with Crippen LogP contribution in [0.2, 0.25) is 5.02 Å². The fourth-order valence-corrected chi connectivity index (χ4v) is 2.46. The lowest BCUT2D eigenvalue weighted by Gasteiger charge is -2.18. The number of benzene rings is 2. The first kappa shape index (κ1) is 15.4. The summed E-state index contributed by atoms with van der Waals surface area (Å²) in [5, 5.41) is 10.2. The molecule has 0 aliphatic heterocycles. The molecule has 0 amide bonds. The summed E-state index contributed by atoms with van der Waals surface area (Å²) in [6.45, 7) is 0. The Labute approximate surface area is 129 Å². The van der Waals surface area contributed by atoms with Gasteiger partial charge in [-0.05, 0) is 35.7 Å². The number of hydrogen-bond donors (Lipinski definition) is 1. The standard InChI is InChI=1S/C17H18ClNO2/c1-19(2)14-8-5-7-12(10-14)15(17(20)21)11-13-6-3-4-9-16(13)18/h3-10,15H,11H2,1-2H3,(H,20,21). The summed E-state index contributed by atoms with van der Waals surface area (Å²) in [4.78, 5) is 13.6. The highest BCUT2D eigenvalue weighted by Gasteiger charge is 2.21. The Morgan fingerprint density at radius 2 is 1.90 bits per heavy atom. The molecule has 2 aromatic rings. The van der Waals surface area contributed by atoms with Gasteiger partial charge in [-0.1, -0.05) is 41.9 Å². The van der Waals surface area contributed by atoms with Gasteiger partial charge in [0.1, 0.15) is 0 Å². The molecular weight excluding hydrogens is 286 g/mol. The van der Waals surface area contributed by atoms with Crippen LogP contribution in [0.1, 0.15) is 17.0 Å². The van der Waals surface area contributed by atoms with E-state index in [1.807, 2.05) is 61.5 Å². The van der Waals surface area contributed by atoms with Gasteiger partial charge in [-0.15, -0.1) is 0 Å². The molecule has 0 radical (unpaired) electrons. The monoisotopic (exact) mass is 303 g/mol. The number of rotatable bonds is 5. The number of hydrogen-bond acceptors (Lipinski definition) is 2. The van der Waals surface area contributed by atoms with E-state index in [1.54, 1.807) is 6.07 Å². The van der Waals surface area contributed by atoms with Gasteiger partial charge in [-0.3, -0.25) is 4.79 Å². The summed E-state index contributed by atoms with van der Waals surface area (Å²) in [6.07, 6.45) is 0.381. The molecule has 21 heavy (non-hydrogen) atoms. The van der Waals surface area contributed by atoms with Crippen molar-refractivity contribution < 1.29 is 9.90 Å². The van der Waals surface area contributed by atoms with Gasteiger partial charge in [0.2, 0.25) is 0 Å². The third-order valence-corrected chi connectivity index (χ3v) is 3.84. The van der Waals surface area contributed by atoms with Crippen molar-refractivity contribution in [3.05, 3.63) is 64.7 Å². The molecule has 3 nitrogen and oxygen atoms in total. The van der Waals surface area contributed by atoms with Crippen LogP contribution >= 0.6 is 11.6 Å². The van der Waals surface area contributed by atoms with E-state index < -0.39 is 11.9 Å². The molecule has 0 bridgehead atoms. The molecule has 0 heterocycles. The Kier molecular flexibility index (Phi) is 4.86. The van der Waals surface area contributed by atoms with Gasteiger partial charge < -0.3 is 10.0 Å². The molecule has 0 saturated carbocycles. The zero-order valence-electron chi connectivity index (χ0n) is 12.1. The van der Waals surface area contributed by atoms with Crippen molar-refractivity contribution in [3.63, 3.8) is 0 Å². The Hall–Kier alpha value is -2.00. The Morgan fingerprint density at radius 1 is 1.19 bits per heavy atom.